The summed E-state index contributed by atoms with van der Waals surface area (Å²) in [5.41, 5.74) is 1.25. The Morgan fingerprint density at radius 3 is 2.81 bits per heavy atom. The molecule has 192 valence electrons. The number of aryl methyl sites for hydroxylation is 1. The Bertz CT molecular complexity index is 1330. The van der Waals surface area contributed by atoms with Gasteiger partial charge in [-0.15, -0.1) is 16.4 Å². The number of esters is 1. The molecular formula is C25H29N3O6S2. The van der Waals surface area contributed by atoms with E-state index in [1.165, 1.54) is 22.3 Å². The maximum Gasteiger partial charge on any atom is 0.305 e. The van der Waals surface area contributed by atoms with Gasteiger partial charge in [0.25, 0.3) is 15.9 Å². The molecule has 1 aliphatic rings. The number of rotatable bonds is 10. The van der Waals surface area contributed by atoms with E-state index < -0.39 is 16.1 Å². The molecule has 3 aromatic rings. The van der Waals surface area contributed by atoms with Crippen molar-refractivity contribution in [3.63, 3.8) is 0 Å². The Morgan fingerprint density at radius 2 is 2.11 bits per heavy atom. The Balaban J connectivity index is 1.74. The Morgan fingerprint density at radius 1 is 1.28 bits per heavy atom. The fraction of sp³-hybridized carbons (Fsp3) is 0.360. The van der Waals surface area contributed by atoms with E-state index in [0.717, 1.165) is 10.4 Å². The number of carbonyl (C=O) groups is 1. The molecule has 0 bridgehead atoms. The number of carbonyl (C=O) groups excluding carboxylic acids is 1. The van der Waals surface area contributed by atoms with Gasteiger partial charge in [-0.25, -0.2) is 8.42 Å². The lowest BCUT2D eigenvalue weighted by Crippen LogP contribution is -2.43. The van der Waals surface area contributed by atoms with Crippen LogP contribution in [-0.4, -0.2) is 50.5 Å². The van der Waals surface area contributed by atoms with E-state index in [1.807, 2.05) is 42.7 Å². The molecule has 11 heteroatoms. The molecule has 0 radical (unpaired) electrons. The van der Waals surface area contributed by atoms with Crippen molar-refractivity contribution >= 4 is 45.2 Å². The minimum atomic E-state index is -4.06. The molecule has 0 fully saturated rings. The standard InChI is InChI=1S/C25H29N3O6S2/c1-4-27-17-23(25(26-27)33-5-2)36(30,31)28-16-19(10-13-24(29)32-3)34-22-12-9-18(15-21(22)28)8-11-20-7-6-14-35-20/h6-9,11-12,14-15,17,19H,4-5,10,13,16H2,1-3H3/b11-8+/t19-/m0/s1. The molecular weight excluding hydrogens is 502 g/mol. The highest BCUT2D eigenvalue weighted by Crippen LogP contribution is 2.40. The summed E-state index contributed by atoms with van der Waals surface area (Å²) in [6.07, 6.45) is 5.29. The van der Waals surface area contributed by atoms with E-state index >= 15 is 0 Å². The van der Waals surface area contributed by atoms with Crippen LogP contribution in [0.5, 0.6) is 11.6 Å². The van der Waals surface area contributed by atoms with Crippen molar-refractivity contribution in [3.8, 4) is 11.6 Å². The van der Waals surface area contributed by atoms with E-state index in [0.29, 0.717) is 24.4 Å². The molecule has 1 atom stereocenters. The SMILES string of the molecule is CCOc1nn(CC)cc1S(=O)(=O)N1C[C@H](CCC(=O)OC)Oc2ccc(/C=C/c3cccs3)cc21. The van der Waals surface area contributed by atoms with Crippen LogP contribution in [0.2, 0.25) is 0 Å². The average Bonchev–Trinajstić information content (AvgIpc) is 3.56. The summed E-state index contributed by atoms with van der Waals surface area (Å²) in [5.74, 6) is 0.108. The Kier molecular flexibility index (Phi) is 8.00. The average molecular weight is 532 g/mol. The zero-order valence-corrected chi connectivity index (χ0v) is 22.0. The van der Waals surface area contributed by atoms with E-state index in [9.17, 15) is 13.2 Å². The van der Waals surface area contributed by atoms with Crippen LogP contribution in [0.4, 0.5) is 5.69 Å². The van der Waals surface area contributed by atoms with Crippen molar-refractivity contribution in [2.75, 3.05) is 24.6 Å². The van der Waals surface area contributed by atoms with Crippen LogP contribution >= 0.6 is 11.3 Å². The number of thiophene rings is 1. The molecule has 0 spiro atoms. The summed E-state index contributed by atoms with van der Waals surface area (Å²) in [6.45, 7) is 4.46. The van der Waals surface area contributed by atoms with Gasteiger partial charge in [-0.2, -0.15) is 0 Å². The number of ether oxygens (including phenoxy) is 3. The highest BCUT2D eigenvalue weighted by molar-refractivity contribution is 7.93. The zero-order valence-electron chi connectivity index (χ0n) is 20.4. The van der Waals surface area contributed by atoms with Gasteiger partial charge in [0.15, 0.2) is 4.90 Å². The fourth-order valence-electron chi connectivity index (χ4n) is 3.84. The van der Waals surface area contributed by atoms with Crippen molar-refractivity contribution < 1.29 is 27.4 Å². The third-order valence-electron chi connectivity index (χ3n) is 5.67. The number of nitrogens with zero attached hydrogens (tertiary/aromatic N) is 3. The van der Waals surface area contributed by atoms with Crippen LogP contribution in [0.15, 0.2) is 46.8 Å². The topological polar surface area (TPSA) is 100.0 Å². The lowest BCUT2D eigenvalue weighted by atomic mass is 10.1. The van der Waals surface area contributed by atoms with Crippen LogP contribution in [0.25, 0.3) is 12.2 Å². The number of hydrogen-bond acceptors (Lipinski definition) is 8. The minimum absolute atomic E-state index is 0.00898. The molecule has 0 amide bonds. The van der Waals surface area contributed by atoms with Crippen LogP contribution in [0.1, 0.15) is 37.1 Å². The summed E-state index contributed by atoms with van der Waals surface area (Å²) in [7, 11) is -2.74. The Hall–Kier alpha value is -3.31. The number of sulfonamides is 1. The maximum absolute atomic E-state index is 14.0. The number of fused-ring (bicyclic) bond motifs is 1. The van der Waals surface area contributed by atoms with E-state index in [2.05, 4.69) is 5.10 Å². The smallest absolute Gasteiger partial charge is 0.305 e. The monoisotopic (exact) mass is 531 g/mol. The molecule has 0 unspecified atom stereocenters. The number of benzene rings is 1. The lowest BCUT2D eigenvalue weighted by molar-refractivity contribution is -0.141. The highest BCUT2D eigenvalue weighted by atomic mass is 32.2. The van der Waals surface area contributed by atoms with Gasteiger partial charge in [-0.3, -0.25) is 13.8 Å². The molecule has 9 nitrogen and oxygen atoms in total. The van der Waals surface area contributed by atoms with Gasteiger partial charge in [0.1, 0.15) is 11.9 Å². The van der Waals surface area contributed by atoms with Crippen LogP contribution in [0, 0.1) is 0 Å². The Labute approximate surface area is 214 Å². The highest BCUT2D eigenvalue weighted by Gasteiger charge is 2.37. The van der Waals surface area contributed by atoms with Gasteiger partial charge in [-0.1, -0.05) is 18.2 Å². The van der Waals surface area contributed by atoms with Crippen LogP contribution in [-0.2, 0) is 26.1 Å². The molecule has 0 N–H and O–H groups in total. The molecule has 1 aliphatic heterocycles. The molecule has 0 saturated heterocycles. The summed E-state index contributed by atoms with van der Waals surface area (Å²) in [6, 6.07) is 9.40. The molecule has 0 aliphatic carbocycles. The van der Waals surface area contributed by atoms with E-state index in [-0.39, 0.29) is 36.3 Å². The summed E-state index contributed by atoms with van der Waals surface area (Å²) < 4.78 is 47.3. The zero-order chi connectivity index (χ0) is 25.7. The largest absolute Gasteiger partial charge is 0.486 e. The first kappa shape index (κ1) is 25.8. The second-order valence-corrected chi connectivity index (χ2v) is 10.9. The van der Waals surface area contributed by atoms with E-state index in [1.54, 1.807) is 30.4 Å². The van der Waals surface area contributed by atoms with Gasteiger partial charge in [0, 0.05) is 24.0 Å². The molecule has 0 saturated carbocycles. The third-order valence-corrected chi connectivity index (χ3v) is 8.26. The predicted molar refractivity (Wildman–Crippen MR) is 139 cm³/mol. The molecule has 4 rings (SSSR count). The number of aromatic nitrogens is 2. The van der Waals surface area contributed by atoms with Crippen molar-refractivity contribution in [1.29, 1.82) is 0 Å². The first-order valence-corrected chi connectivity index (χ1v) is 14.0. The molecule has 2 aromatic heterocycles. The molecule has 1 aromatic carbocycles. The first-order valence-electron chi connectivity index (χ1n) is 11.7. The van der Waals surface area contributed by atoms with Crippen molar-refractivity contribution in [1.82, 2.24) is 9.78 Å². The van der Waals surface area contributed by atoms with Gasteiger partial charge < -0.3 is 14.2 Å². The normalized spacial score (nSPS) is 15.5. The number of methoxy groups -OCH3 is 1. The summed E-state index contributed by atoms with van der Waals surface area (Å²) in [4.78, 5) is 12.8. The molecule has 3 heterocycles. The van der Waals surface area contributed by atoms with Crippen LogP contribution < -0.4 is 13.8 Å². The quantitative estimate of drug-likeness (QED) is 0.357. The second kappa shape index (κ2) is 11.2. The third kappa shape index (κ3) is 5.57. The summed E-state index contributed by atoms with van der Waals surface area (Å²) in [5, 5.41) is 6.28. The van der Waals surface area contributed by atoms with Gasteiger partial charge in [0.2, 0.25) is 0 Å². The number of hydrogen-bond donors (Lipinski definition) is 0. The predicted octanol–water partition coefficient (Wildman–Crippen LogP) is 4.44. The molecule has 36 heavy (non-hydrogen) atoms. The number of anilines is 1. The summed E-state index contributed by atoms with van der Waals surface area (Å²) >= 11 is 1.61. The van der Waals surface area contributed by atoms with Gasteiger partial charge in [-0.05, 0) is 55.5 Å². The van der Waals surface area contributed by atoms with Crippen molar-refractivity contribution in [2.45, 2.75) is 44.2 Å². The second-order valence-electron chi connectivity index (χ2n) is 8.05. The van der Waals surface area contributed by atoms with E-state index in [4.69, 9.17) is 14.2 Å². The fourth-order valence-corrected chi connectivity index (χ4v) is 6.03. The maximum atomic E-state index is 14.0. The lowest BCUT2D eigenvalue weighted by Gasteiger charge is -2.35. The van der Waals surface area contributed by atoms with Crippen molar-refractivity contribution in [2.24, 2.45) is 0 Å². The first-order chi connectivity index (χ1) is 17.3. The van der Waals surface area contributed by atoms with Crippen molar-refractivity contribution in [3.05, 3.63) is 52.3 Å². The van der Waals surface area contributed by atoms with Gasteiger partial charge in [0.05, 0.1) is 25.9 Å². The van der Waals surface area contributed by atoms with Gasteiger partial charge >= 0.3 is 5.97 Å². The van der Waals surface area contributed by atoms with Crippen LogP contribution in [0.3, 0.4) is 0 Å². The minimum Gasteiger partial charge on any atom is -0.486 e.